The number of aldehydes is 1. The number of rotatable bonds is 6. The van der Waals surface area contributed by atoms with Gasteiger partial charge >= 0.3 is 12.3 Å². The molecule has 0 unspecified atom stereocenters. The Morgan fingerprint density at radius 2 is 1.62 bits per heavy atom. The van der Waals surface area contributed by atoms with Crippen molar-refractivity contribution in [1.82, 2.24) is 14.8 Å². The maximum Gasteiger partial charge on any atom is 0.499 e. The lowest BCUT2D eigenvalue weighted by Crippen LogP contribution is -2.41. The maximum absolute atomic E-state index is 13.0. The third-order valence-electron chi connectivity index (χ3n) is 3.79. The van der Waals surface area contributed by atoms with Gasteiger partial charge in [-0.15, -0.1) is 5.10 Å². The van der Waals surface area contributed by atoms with E-state index in [-0.39, 0.29) is 0 Å². The summed E-state index contributed by atoms with van der Waals surface area (Å²) in [5.41, 5.74) is 1.45. The molecule has 0 atom stereocenters. The highest BCUT2D eigenvalue weighted by molar-refractivity contribution is 5.76. The molecule has 2 aromatic carbocycles. The molecule has 0 aliphatic rings. The number of hydrogen-bond acceptors (Lipinski definition) is 5. The Hall–Kier alpha value is -3.50. The summed E-state index contributed by atoms with van der Waals surface area (Å²) < 4.78 is 67.8. The molecule has 6 nitrogen and oxygen atoms in total. The first-order chi connectivity index (χ1) is 13.6. The number of benzene rings is 2. The van der Waals surface area contributed by atoms with Crippen molar-refractivity contribution in [2.75, 3.05) is 12.4 Å². The van der Waals surface area contributed by atoms with Crippen LogP contribution in [0, 0.1) is 0 Å². The fraction of sp³-hybridized carbons (Fsp3) is 0.167. The second-order valence-electron chi connectivity index (χ2n) is 5.77. The number of hydrogen-bond donors (Lipinski definition) is 1. The Morgan fingerprint density at radius 1 is 1.00 bits per heavy atom. The Kier molecular flexibility index (Phi) is 5.23. The average Bonchev–Trinajstić information content (AvgIpc) is 3.12. The van der Waals surface area contributed by atoms with Crippen LogP contribution in [0.25, 0.3) is 17.1 Å². The largest absolute Gasteiger partial charge is 0.499 e. The third-order valence-corrected chi connectivity index (χ3v) is 3.79. The van der Waals surface area contributed by atoms with E-state index in [1.54, 1.807) is 31.3 Å². The van der Waals surface area contributed by atoms with E-state index >= 15 is 0 Å². The van der Waals surface area contributed by atoms with E-state index in [1.807, 2.05) is 0 Å². The van der Waals surface area contributed by atoms with Gasteiger partial charge in [-0.05, 0) is 24.3 Å². The topological polar surface area (TPSA) is 69.0 Å². The number of aromatic nitrogens is 3. The highest BCUT2D eigenvalue weighted by Crippen LogP contribution is 2.37. The van der Waals surface area contributed by atoms with Gasteiger partial charge < -0.3 is 10.1 Å². The van der Waals surface area contributed by atoms with Crippen LogP contribution in [0.15, 0.2) is 48.5 Å². The van der Waals surface area contributed by atoms with Crippen molar-refractivity contribution in [2.24, 2.45) is 0 Å². The van der Waals surface area contributed by atoms with Gasteiger partial charge in [0.25, 0.3) is 0 Å². The van der Waals surface area contributed by atoms with Crippen LogP contribution in [-0.4, -0.2) is 40.4 Å². The van der Waals surface area contributed by atoms with Gasteiger partial charge in [0.15, 0.2) is 5.82 Å². The quantitative estimate of drug-likeness (QED) is 0.482. The summed E-state index contributed by atoms with van der Waals surface area (Å²) in [6, 6.07) is 10.9. The fourth-order valence-electron chi connectivity index (χ4n) is 2.35. The molecule has 0 aliphatic heterocycles. The Bertz CT molecular complexity index is 999. The summed E-state index contributed by atoms with van der Waals surface area (Å²) in [4.78, 5) is 15.0. The van der Waals surface area contributed by atoms with Gasteiger partial charge in [-0.2, -0.15) is 31.6 Å². The van der Waals surface area contributed by atoms with E-state index in [2.05, 4.69) is 20.1 Å². The van der Waals surface area contributed by atoms with Crippen LogP contribution in [0.3, 0.4) is 0 Å². The molecular weight excluding hydrogens is 399 g/mol. The molecule has 1 N–H and O–H groups in total. The van der Waals surface area contributed by atoms with Gasteiger partial charge in [0.2, 0.25) is 5.95 Å². The molecular formula is C18H13F5N4O2. The SMILES string of the molecule is CNc1nc(-c2ccc(C=O)cc2)nn1-c1ccc(OC(F)(F)C(F)(F)F)cc1. The zero-order valence-electron chi connectivity index (χ0n) is 14.7. The number of alkyl halides is 5. The highest BCUT2D eigenvalue weighted by Gasteiger charge is 2.61. The van der Waals surface area contributed by atoms with Crippen molar-refractivity contribution in [1.29, 1.82) is 0 Å². The van der Waals surface area contributed by atoms with Crippen LogP contribution in [0.5, 0.6) is 5.75 Å². The highest BCUT2D eigenvalue weighted by atomic mass is 19.4. The predicted octanol–water partition coefficient (Wildman–Crippen LogP) is 4.32. The minimum atomic E-state index is -5.83. The van der Waals surface area contributed by atoms with E-state index in [0.29, 0.717) is 34.9 Å². The van der Waals surface area contributed by atoms with Crippen molar-refractivity contribution >= 4 is 12.2 Å². The van der Waals surface area contributed by atoms with Crippen molar-refractivity contribution in [3.05, 3.63) is 54.1 Å². The standard InChI is InChI=1S/C18H13F5N4O2/c1-24-16-25-15(12-4-2-11(10-28)3-5-12)26-27(16)13-6-8-14(9-7-13)29-18(22,23)17(19,20)21/h2-10H,1H3,(H,24,25,26). The van der Waals surface area contributed by atoms with E-state index < -0.39 is 18.0 Å². The first kappa shape index (κ1) is 20.2. The lowest BCUT2D eigenvalue weighted by Gasteiger charge is -2.20. The molecule has 0 spiro atoms. The molecule has 29 heavy (non-hydrogen) atoms. The summed E-state index contributed by atoms with van der Waals surface area (Å²) in [5, 5.41) is 7.12. The van der Waals surface area contributed by atoms with Crippen LogP contribution in [0.2, 0.25) is 0 Å². The van der Waals surface area contributed by atoms with Crippen molar-refractivity contribution in [2.45, 2.75) is 12.3 Å². The predicted molar refractivity (Wildman–Crippen MR) is 93.4 cm³/mol. The zero-order valence-corrected chi connectivity index (χ0v) is 14.7. The normalized spacial score (nSPS) is 11.9. The maximum atomic E-state index is 13.0. The van der Waals surface area contributed by atoms with Crippen LogP contribution >= 0.6 is 0 Å². The van der Waals surface area contributed by atoms with Crippen molar-refractivity contribution < 1.29 is 31.5 Å². The molecule has 0 aliphatic carbocycles. The number of nitrogens with one attached hydrogen (secondary N) is 1. The lowest BCUT2D eigenvalue weighted by atomic mass is 10.1. The molecule has 152 valence electrons. The van der Waals surface area contributed by atoms with Gasteiger partial charge in [-0.3, -0.25) is 4.79 Å². The van der Waals surface area contributed by atoms with Crippen LogP contribution in [-0.2, 0) is 0 Å². The molecule has 3 rings (SSSR count). The van der Waals surface area contributed by atoms with Gasteiger partial charge in [0.1, 0.15) is 12.0 Å². The first-order valence-corrected chi connectivity index (χ1v) is 8.09. The number of nitrogens with zero attached hydrogens (tertiary/aromatic N) is 3. The zero-order chi connectivity index (χ0) is 21.2. The summed E-state index contributed by atoms with van der Waals surface area (Å²) in [7, 11) is 1.58. The first-order valence-electron chi connectivity index (χ1n) is 8.09. The van der Waals surface area contributed by atoms with Crippen LogP contribution in [0.4, 0.5) is 27.9 Å². The monoisotopic (exact) mass is 412 g/mol. The van der Waals surface area contributed by atoms with Gasteiger partial charge in [0, 0.05) is 18.2 Å². The fourth-order valence-corrected chi connectivity index (χ4v) is 2.35. The molecule has 0 amide bonds. The number of anilines is 1. The Labute approximate surface area is 160 Å². The number of ether oxygens (including phenoxy) is 1. The van der Waals surface area contributed by atoms with E-state index in [0.717, 1.165) is 12.1 Å². The molecule has 1 heterocycles. The molecule has 0 saturated carbocycles. The van der Waals surface area contributed by atoms with Crippen LogP contribution < -0.4 is 10.1 Å². The lowest BCUT2D eigenvalue weighted by molar-refractivity contribution is -0.360. The summed E-state index contributed by atoms with van der Waals surface area (Å²) >= 11 is 0. The van der Waals surface area contributed by atoms with E-state index in [4.69, 9.17) is 0 Å². The average molecular weight is 412 g/mol. The number of halogens is 5. The minimum absolute atomic E-state index is 0.300. The second kappa shape index (κ2) is 7.49. The number of carbonyl (C=O) groups is 1. The molecule has 11 heteroatoms. The van der Waals surface area contributed by atoms with Crippen molar-refractivity contribution in [3.63, 3.8) is 0 Å². The molecule has 0 fully saturated rings. The second-order valence-corrected chi connectivity index (χ2v) is 5.77. The van der Waals surface area contributed by atoms with E-state index in [9.17, 15) is 26.7 Å². The van der Waals surface area contributed by atoms with Gasteiger partial charge in [-0.25, -0.2) is 0 Å². The van der Waals surface area contributed by atoms with Crippen molar-refractivity contribution in [3.8, 4) is 22.8 Å². The minimum Gasteiger partial charge on any atom is -0.426 e. The summed E-state index contributed by atoms with van der Waals surface area (Å²) in [5.74, 6) is -0.0450. The molecule has 3 aromatic rings. The molecule has 1 aromatic heterocycles. The molecule has 0 radical (unpaired) electrons. The smallest absolute Gasteiger partial charge is 0.426 e. The molecule has 0 saturated heterocycles. The Morgan fingerprint density at radius 3 is 2.14 bits per heavy atom. The summed E-state index contributed by atoms with van der Waals surface area (Å²) in [6.45, 7) is 0. The Balaban J connectivity index is 1.88. The number of carbonyl (C=O) groups excluding carboxylic acids is 1. The summed E-state index contributed by atoms with van der Waals surface area (Å²) in [6.07, 6.45) is -10.4. The van der Waals surface area contributed by atoms with Gasteiger partial charge in [-0.1, -0.05) is 24.3 Å². The third kappa shape index (κ3) is 4.18. The molecule has 0 bridgehead atoms. The van der Waals surface area contributed by atoms with E-state index in [1.165, 1.54) is 16.8 Å². The van der Waals surface area contributed by atoms with Gasteiger partial charge in [0.05, 0.1) is 5.69 Å². The van der Waals surface area contributed by atoms with Crippen LogP contribution in [0.1, 0.15) is 10.4 Å².